The van der Waals surface area contributed by atoms with Gasteiger partial charge in [0.25, 0.3) is 0 Å². The van der Waals surface area contributed by atoms with Crippen molar-refractivity contribution in [2.45, 2.75) is 31.7 Å². The van der Waals surface area contributed by atoms with E-state index in [0.717, 1.165) is 24.5 Å². The molecule has 0 bridgehead atoms. The number of nitrogens with one attached hydrogen (secondary N) is 1. The zero-order valence-corrected chi connectivity index (χ0v) is 12.2. The SMILES string of the molecule is CN(c1cccc(F)c1)c1n[nH]c(=S)n1C1CCCC1. The number of anilines is 2. The first-order valence-electron chi connectivity index (χ1n) is 6.83. The van der Waals surface area contributed by atoms with Gasteiger partial charge in [0, 0.05) is 18.8 Å². The van der Waals surface area contributed by atoms with E-state index >= 15 is 0 Å². The van der Waals surface area contributed by atoms with Crippen molar-refractivity contribution in [3.8, 4) is 0 Å². The first-order valence-corrected chi connectivity index (χ1v) is 7.24. The maximum Gasteiger partial charge on any atom is 0.230 e. The van der Waals surface area contributed by atoms with Gasteiger partial charge in [-0.3, -0.25) is 4.57 Å². The van der Waals surface area contributed by atoms with E-state index in [2.05, 4.69) is 14.8 Å². The first kappa shape index (κ1) is 13.3. The van der Waals surface area contributed by atoms with Gasteiger partial charge in [-0.15, -0.1) is 5.10 Å². The molecule has 1 fully saturated rings. The quantitative estimate of drug-likeness (QED) is 0.870. The van der Waals surface area contributed by atoms with Crippen LogP contribution in [0.1, 0.15) is 31.7 Å². The van der Waals surface area contributed by atoms with Gasteiger partial charge >= 0.3 is 0 Å². The smallest absolute Gasteiger partial charge is 0.230 e. The molecule has 1 aromatic carbocycles. The first-order chi connectivity index (χ1) is 9.66. The standard InChI is InChI=1S/C14H17FN4S/c1-18(12-8-4-5-10(15)9-12)13-16-17-14(20)19(13)11-6-2-3-7-11/h4-5,8-9,11H,2-3,6-7H2,1H3,(H,17,20). The second-order valence-electron chi connectivity index (χ2n) is 5.18. The molecule has 0 saturated heterocycles. The molecule has 2 aromatic rings. The lowest BCUT2D eigenvalue weighted by molar-refractivity contribution is 0.513. The van der Waals surface area contributed by atoms with Crippen molar-refractivity contribution in [2.75, 3.05) is 11.9 Å². The number of aromatic amines is 1. The minimum Gasteiger partial charge on any atom is -0.314 e. The van der Waals surface area contributed by atoms with Gasteiger partial charge in [-0.1, -0.05) is 18.9 Å². The summed E-state index contributed by atoms with van der Waals surface area (Å²) in [6.07, 6.45) is 4.69. The van der Waals surface area contributed by atoms with E-state index < -0.39 is 0 Å². The highest BCUT2D eigenvalue weighted by Gasteiger charge is 2.23. The van der Waals surface area contributed by atoms with Crippen LogP contribution in [0.4, 0.5) is 16.0 Å². The highest BCUT2D eigenvalue weighted by Crippen LogP contribution is 2.34. The fraction of sp³-hybridized carbons (Fsp3) is 0.429. The minimum absolute atomic E-state index is 0.254. The average Bonchev–Trinajstić information content (AvgIpc) is 3.06. The molecule has 1 aliphatic carbocycles. The molecule has 1 heterocycles. The lowest BCUT2D eigenvalue weighted by atomic mass is 10.2. The van der Waals surface area contributed by atoms with Crippen LogP contribution in [0.3, 0.4) is 0 Å². The largest absolute Gasteiger partial charge is 0.314 e. The van der Waals surface area contributed by atoms with E-state index in [0.29, 0.717) is 10.8 Å². The van der Waals surface area contributed by atoms with Crippen molar-refractivity contribution in [1.29, 1.82) is 0 Å². The third-order valence-electron chi connectivity index (χ3n) is 3.87. The van der Waals surface area contributed by atoms with Crippen LogP contribution >= 0.6 is 12.2 Å². The predicted octanol–water partition coefficient (Wildman–Crippen LogP) is 3.96. The molecule has 1 aromatic heterocycles. The number of halogens is 1. The van der Waals surface area contributed by atoms with Gasteiger partial charge in [0.15, 0.2) is 4.77 Å². The van der Waals surface area contributed by atoms with E-state index in [1.54, 1.807) is 6.07 Å². The molecule has 4 nitrogen and oxygen atoms in total. The summed E-state index contributed by atoms with van der Waals surface area (Å²) in [6.45, 7) is 0. The highest BCUT2D eigenvalue weighted by molar-refractivity contribution is 7.71. The summed E-state index contributed by atoms with van der Waals surface area (Å²) < 4.78 is 16.1. The number of H-pyrrole nitrogens is 1. The molecule has 1 N–H and O–H groups in total. The van der Waals surface area contributed by atoms with E-state index in [1.807, 2.05) is 18.0 Å². The molecule has 20 heavy (non-hydrogen) atoms. The number of hydrogen-bond donors (Lipinski definition) is 1. The maximum atomic E-state index is 13.4. The van der Waals surface area contributed by atoms with E-state index in [9.17, 15) is 4.39 Å². The molecular formula is C14H17FN4S. The summed E-state index contributed by atoms with van der Waals surface area (Å²) in [5, 5.41) is 7.18. The predicted molar refractivity (Wildman–Crippen MR) is 79.4 cm³/mol. The summed E-state index contributed by atoms with van der Waals surface area (Å²) in [7, 11) is 1.88. The number of nitrogens with zero attached hydrogens (tertiary/aromatic N) is 3. The van der Waals surface area contributed by atoms with Gasteiger partial charge in [0.05, 0.1) is 0 Å². The molecule has 0 aliphatic heterocycles. The fourth-order valence-electron chi connectivity index (χ4n) is 2.82. The van der Waals surface area contributed by atoms with Gasteiger partial charge in [-0.25, -0.2) is 9.49 Å². The van der Waals surface area contributed by atoms with Crippen LogP contribution in [0.5, 0.6) is 0 Å². The van der Waals surface area contributed by atoms with Crippen LogP contribution in [0, 0.1) is 10.6 Å². The average molecular weight is 292 g/mol. The van der Waals surface area contributed by atoms with Crippen LogP contribution in [-0.4, -0.2) is 21.8 Å². The number of aromatic nitrogens is 3. The van der Waals surface area contributed by atoms with Gasteiger partial charge in [0.2, 0.25) is 5.95 Å². The lowest BCUT2D eigenvalue weighted by Gasteiger charge is -2.22. The topological polar surface area (TPSA) is 36.9 Å². The molecule has 0 amide bonds. The van der Waals surface area contributed by atoms with E-state index in [-0.39, 0.29) is 5.82 Å². The van der Waals surface area contributed by atoms with Crippen LogP contribution in [0.2, 0.25) is 0 Å². The minimum atomic E-state index is -0.254. The molecule has 3 rings (SSSR count). The van der Waals surface area contributed by atoms with Crippen LogP contribution in [0.25, 0.3) is 0 Å². The Labute approximate surface area is 122 Å². The van der Waals surface area contributed by atoms with Crippen LogP contribution < -0.4 is 4.90 Å². The molecule has 1 aliphatic rings. The summed E-state index contributed by atoms with van der Waals surface area (Å²) in [4.78, 5) is 1.87. The molecule has 106 valence electrons. The molecular weight excluding hydrogens is 275 g/mol. The molecule has 0 unspecified atom stereocenters. The zero-order chi connectivity index (χ0) is 14.1. The van der Waals surface area contributed by atoms with Crippen LogP contribution in [-0.2, 0) is 0 Å². The second kappa shape index (κ2) is 5.36. The Balaban J connectivity index is 1.99. The second-order valence-corrected chi connectivity index (χ2v) is 5.56. The Kier molecular flexibility index (Phi) is 3.56. The molecule has 6 heteroatoms. The Morgan fingerprint density at radius 3 is 2.85 bits per heavy atom. The summed E-state index contributed by atoms with van der Waals surface area (Å²) in [5.74, 6) is 0.489. The third-order valence-corrected chi connectivity index (χ3v) is 4.16. The fourth-order valence-corrected chi connectivity index (χ4v) is 3.10. The highest BCUT2D eigenvalue weighted by atomic mass is 32.1. The number of rotatable bonds is 3. The maximum absolute atomic E-state index is 13.4. The Morgan fingerprint density at radius 1 is 1.40 bits per heavy atom. The third kappa shape index (κ3) is 2.35. The summed E-state index contributed by atoms with van der Waals surface area (Å²) in [5.41, 5.74) is 0.762. The van der Waals surface area contributed by atoms with Crippen molar-refractivity contribution in [1.82, 2.24) is 14.8 Å². The van der Waals surface area contributed by atoms with Gasteiger partial charge in [-0.05, 0) is 43.3 Å². The van der Waals surface area contributed by atoms with Crippen molar-refractivity contribution in [2.24, 2.45) is 0 Å². The van der Waals surface area contributed by atoms with Crippen molar-refractivity contribution in [3.05, 3.63) is 34.9 Å². The van der Waals surface area contributed by atoms with Gasteiger partial charge in [0.1, 0.15) is 5.82 Å². The monoisotopic (exact) mass is 292 g/mol. The summed E-state index contributed by atoms with van der Waals surface area (Å²) in [6, 6.07) is 6.89. The molecule has 0 radical (unpaired) electrons. The molecule has 0 atom stereocenters. The van der Waals surface area contributed by atoms with Crippen LogP contribution in [0.15, 0.2) is 24.3 Å². The van der Waals surface area contributed by atoms with Crippen molar-refractivity contribution in [3.63, 3.8) is 0 Å². The zero-order valence-electron chi connectivity index (χ0n) is 11.3. The van der Waals surface area contributed by atoms with Crippen molar-refractivity contribution < 1.29 is 4.39 Å². The van der Waals surface area contributed by atoms with Crippen molar-refractivity contribution >= 4 is 23.9 Å². The summed E-state index contributed by atoms with van der Waals surface area (Å²) >= 11 is 5.35. The van der Waals surface area contributed by atoms with E-state index in [4.69, 9.17) is 12.2 Å². The molecule has 1 saturated carbocycles. The lowest BCUT2D eigenvalue weighted by Crippen LogP contribution is -2.18. The Hall–Kier alpha value is -1.69. The number of hydrogen-bond acceptors (Lipinski definition) is 3. The normalized spacial score (nSPS) is 15.7. The van der Waals surface area contributed by atoms with E-state index in [1.165, 1.54) is 25.0 Å². The van der Waals surface area contributed by atoms with Gasteiger partial charge in [-0.2, -0.15) is 0 Å². The number of benzene rings is 1. The Bertz CT molecular complexity index is 657. The Morgan fingerprint density at radius 2 is 2.15 bits per heavy atom. The molecule has 0 spiro atoms. The van der Waals surface area contributed by atoms with Gasteiger partial charge < -0.3 is 4.90 Å².